The van der Waals surface area contributed by atoms with Gasteiger partial charge in [-0.25, -0.2) is 0 Å². The predicted octanol–water partition coefficient (Wildman–Crippen LogP) is -0.431. The van der Waals surface area contributed by atoms with Gasteiger partial charge < -0.3 is 59.9 Å². The van der Waals surface area contributed by atoms with Crippen molar-refractivity contribution in [1.29, 1.82) is 0 Å². The molecule has 2 nitrogen and oxygen atoms in total. The number of hydrogen-bond acceptors (Lipinski definition) is 4. The third-order valence-electron chi connectivity index (χ3n) is 4.26. The van der Waals surface area contributed by atoms with E-state index < -0.39 is 0 Å². The minimum absolute atomic E-state index is 0. The summed E-state index contributed by atoms with van der Waals surface area (Å²) in [5.74, 6) is 1.01. The van der Waals surface area contributed by atoms with Crippen LogP contribution in [0.5, 0.6) is 0 Å². The summed E-state index contributed by atoms with van der Waals surface area (Å²) in [6.07, 6.45) is 0. The van der Waals surface area contributed by atoms with Crippen molar-refractivity contribution >= 4 is 36.6 Å². The molecule has 0 heterocycles. The molecule has 0 aliphatic rings. The SMILES string of the molecule is CC(C)c1cccc(N(C)C)c1[S-].CC(C)c1cccc(N(C)C)c1[S-].[Cl-].[Cl-].[Zr+4]. The van der Waals surface area contributed by atoms with Gasteiger partial charge in [0.2, 0.25) is 0 Å². The molecule has 0 bridgehead atoms. The third-order valence-corrected chi connectivity index (χ3v) is 5.15. The summed E-state index contributed by atoms with van der Waals surface area (Å²) >= 11 is 10.8. The van der Waals surface area contributed by atoms with Crippen molar-refractivity contribution in [2.75, 3.05) is 38.0 Å². The Hall–Kier alpha value is -0.0569. The molecule has 0 unspecified atom stereocenters. The second-order valence-electron chi connectivity index (χ2n) is 7.49. The van der Waals surface area contributed by atoms with E-state index in [2.05, 4.69) is 73.9 Å². The maximum atomic E-state index is 5.40. The molecule has 0 saturated carbocycles. The fourth-order valence-corrected chi connectivity index (χ4v) is 3.81. The van der Waals surface area contributed by atoms with E-state index in [1.165, 1.54) is 11.1 Å². The van der Waals surface area contributed by atoms with E-state index in [4.69, 9.17) is 25.3 Å². The maximum Gasteiger partial charge on any atom is 4.00 e. The molecule has 0 atom stereocenters. The van der Waals surface area contributed by atoms with Crippen molar-refractivity contribution in [1.82, 2.24) is 0 Å². The summed E-state index contributed by atoms with van der Waals surface area (Å²) < 4.78 is 0. The summed E-state index contributed by atoms with van der Waals surface area (Å²) in [7, 11) is 8.09. The van der Waals surface area contributed by atoms with Crippen molar-refractivity contribution in [3.8, 4) is 0 Å². The average molecular weight is 551 g/mol. The Kier molecular flexibility index (Phi) is 18.2. The van der Waals surface area contributed by atoms with Gasteiger partial charge >= 0.3 is 26.2 Å². The minimum atomic E-state index is 0. The molecule has 29 heavy (non-hydrogen) atoms. The maximum absolute atomic E-state index is 5.40. The molecule has 0 saturated heterocycles. The molecule has 2 aromatic carbocycles. The Bertz CT molecular complexity index is 610. The molecule has 7 heteroatoms. The zero-order valence-electron chi connectivity index (χ0n) is 18.6. The van der Waals surface area contributed by atoms with Gasteiger partial charge in [0, 0.05) is 39.6 Å². The number of hydrogen-bond donors (Lipinski definition) is 0. The van der Waals surface area contributed by atoms with E-state index >= 15 is 0 Å². The Morgan fingerprint density at radius 3 is 1.10 bits per heavy atom. The van der Waals surface area contributed by atoms with Crippen LogP contribution in [0.4, 0.5) is 11.4 Å². The van der Waals surface area contributed by atoms with Crippen LogP contribution in [0.3, 0.4) is 0 Å². The van der Waals surface area contributed by atoms with Crippen molar-refractivity contribution in [3.63, 3.8) is 0 Å². The molecule has 0 radical (unpaired) electrons. The largest absolute Gasteiger partial charge is 4.00 e. The van der Waals surface area contributed by atoms with Crippen LogP contribution < -0.4 is 34.6 Å². The predicted molar refractivity (Wildman–Crippen MR) is 121 cm³/mol. The zero-order chi connectivity index (χ0) is 20.0. The van der Waals surface area contributed by atoms with E-state index in [9.17, 15) is 0 Å². The summed E-state index contributed by atoms with van der Waals surface area (Å²) in [5.41, 5.74) is 4.81. The normalized spacial score (nSPS) is 9.45. The number of benzene rings is 2. The molecule has 0 aliphatic carbocycles. The van der Waals surface area contributed by atoms with E-state index in [1.807, 2.05) is 28.2 Å². The second-order valence-corrected chi connectivity index (χ2v) is 8.31. The number of rotatable bonds is 4. The van der Waals surface area contributed by atoms with Gasteiger partial charge in [0.15, 0.2) is 0 Å². The van der Waals surface area contributed by atoms with Crippen LogP contribution in [0.1, 0.15) is 50.7 Å². The summed E-state index contributed by atoms with van der Waals surface area (Å²) in [6, 6.07) is 12.5. The van der Waals surface area contributed by atoms with E-state index in [1.54, 1.807) is 0 Å². The molecule has 0 fully saturated rings. The standard InChI is InChI=1S/2C11H17NS.2ClH.Zr/c2*1-8(2)9-6-5-7-10(11(9)13)12(3)4;;;/h2*5-8,13H,1-4H3;2*1H;/q;;;;+4/p-4. The molecule has 0 aromatic heterocycles. The molecule has 2 aromatic rings. The summed E-state index contributed by atoms with van der Waals surface area (Å²) in [5, 5.41) is 0. The van der Waals surface area contributed by atoms with Crippen LogP contribution in [-0.4, -0.2) is 28.2 Å². The van der Waals surface area contributed by atoms with Crippen LogP contribution >= 0.6 is 0 Å². The molecular formula is C22H32Cl2N2S2Zr. The summed E-state index contributed by atoms with van der Waals surface area (Å²) in [6.45, 7) is 8.68. The molecule has 0 aliphatic heterocycles. The fourth-order valence-electron chi connectivity index (χ4n) is 2.70. The molecule has 2 rings (SSSR count). The molecule has 0 N–H and O–H groups in total. The monoisotopic (exact) mass is 548 g/mol. The number of halogens is 2. The number of anilines is 2. The third kappa shape index (κ3) is 9.74. The topological polar surface area (TPSA) is 6.48 Å². The van der Waals surface area contributed by atoms with Gasteiger partial charge in [0.1, 0.15) is 0 Å². The van der Waals surface area contributed by atoms with Gasteiger partial charge in [-0.15, -0.1) is 9.79 Å². The van der Waals surface area contributed by atoms with Crippen LogP contribution in [0.2, 0.25) is 0 Å². The Morgan fingerprint density at radius 1 is 0.621 bits per heavy atom. The van der Waals surface area contributed by atoms with Gasteiger partial charge in [0.05, 0.1) is 0 Å². The Balaban J connectivity index is -0.000000422. The van der Waals surface area contributed by atoms with E-state index in [0.717, 1.165) is 21.2 Å². The van der Waals surface area contributed by atoms with Crippen LogP contribution in [0.25, 0.3) is 0 Å². The Labute approximate surface area is 221 Å². The van der Waals surface area contributed by atoms with Crippen LogP contribution in [0, 0.1) is 0 Å². The molecule has 0 amide bonds. The van der Waals surface area contributed by atoms with Crippen LogP contribution in [0.15, 0.2) is 46.2 Å². The van der Waals surface area contributed by atoms with Crippen LogP contribution in [-0.2, 0) is 51.5 Å². The Morgan fingerprint density at radius 2 is 0.897 bits per heavy atom. The quantitative estimate of drug-likeness (QED) is 0.477. The van der Waals surface area contributed by atoms with Gasteiger partial charge in [0.25, 0.3) is 0 Å². The average Bonchev–Trinajstić information content (AvgIpc) is 2.54. The minimum Gasteiger partial charge on any atom is -1.00 e. The van der Waals surface area contributed by atoms with Crippen molar-refractivity contribution in [3.05, 3.63) is 47.5 Å². The van der Waals surface area contributed by atoms with E-state index in [-0.39, 0.29) is 51.0 Å². The van der Waals surface area contributed by atoms with Gasteiger partial charge in [-0.3, -0.25) is 0 Å². The van der Waals surface area contributed by atoms with Gasteiger partial charge in [-0.2, -0.15) is 0 Å². The summed E-state index contributed by atoms with van der Waals surface area (Å²) in [4.78, 5) is 6.10. The second kappa shape index (κ2) is 15.7. The first-order chi connectivity index (χ1) is 12.1. The van der Waals surface area contributed by atoms with Gasteiger partial charge in [-0.05, 0) is 24.0 Å². The fraction of sp³-hybridized carbons (Fsp3) is 0.455. The first-order valence-corrected chi connectivity index (χ1v) is 9.84. The molecule has 160 valence electrons. The number of nitrogens with zero attached hydrogens (tertiary/aromatic N) is 2. The smallest absolute Gasteiger partial charge is 1.00 e. The molecule has 0 spiro atoms. The van der Waals surface area contributed by atoms with Crippen molar-refractivity contribution < 1.29 is 51.0 Å². The molecular weight excluding hydrogens is 519 g/mol. The first-order valence-electron chi connectivity index (χ1n) is 9.02. The van der Waals surface area contributed by atoms with E-state index in [0.29, 0.717) is 11.8 Å². The van der Waals surface area contributed by atoms with Crippen molar-refractivity contribution in [2.45, 2.75) is 49.3 Å². The van der Waals surface area contributed by atoms with Crippen molar-refractivity contribution in [2.24, 2.45) is 0 Å². The zero-order valence-corrected chi connectivity index (χ0v) is 24.2. The van der Waals surface area contributed by atoms with Gasteiger partial charge in [-0.1, -0.05) is 63.1 Å². The first kappa shape index (κ1) is 33.6.